The number of aromatic nitrogens is 1. The second-order valence-corrected chi connectivity index (χ2v) is 9.71. The SMILES string of the molecule is CCC.N#Cc1nc2ccc(OCc3cccc(CN4CCN(c5ccccc5)CC4)c3)cc2s1. The zero-order valence-electron chi connectivity index (χ0n) is 20.5. The predicted molar refractivity (Wildman–Crippen MR) is 145 cm³/mol. The molecule has 2 heterocycles. The van der Waals surface area contributed by atoms with E-state index in [1.807, 2.05) is 18.2 Å². The Hall–Kier alpha value is -3.40. The number of nitriles is 1. The van der Waals surface area contributed by atoms with Gasteiger partial charge in [0.1, 0.15) is 18.4 Å². The van der Waals surface area contributed by atoms with Gasteiger partial charge in [0.15, 0.2) is 5.01 Å². The lowest BCUT2D eigenvalue weighted by molar-refractivity contribution is 0.249. The Kier molecular flexibility index (Phi) is 8.72. The van der Waals surface area contributed by atoms with Crippen LogP contribution >= 0.6 is 11.3 Å². The molecule has 6 heteroatoms. The van der Waals surface area contributed by atoms with Crippen molar-refractivity contribution in [2.24, 2.45) is 0 Å². The van der Waals surface area contributed by atoms with Crippen molar-refractivity contribution in [1.82, 2.24) is 9.88 Å². The van der Waals surface area contributed by atoms with Gasteiger partial charge < -0.3 is 9.64 Å². The molecule has 0 N–H and O–H groups in total. The number of anilines is 1. The van der Waals surface area contributed by atoms with E-state index in [0.717, 1.165) is 54.3 Å². The van der Waals surface area contributed by atoms with Crippen molar-refractivity contribution in [2.75, 3.05) is 31.1 Å². The van der Waals surface area contributed by atoms with Crippen LogP contribution in [0.25, 0.3) is 10.2 Å². The predicted octanol–water partition coefficient (Wildman–Crippen LogP) is 6.49. The van der Waals surface area contributed by atoms with Crippen LogP contribution in [-0.4, -0.2) is 36.1 Å². The average Bonchev–Trinajstić information content (AvgIpc) is 3.32. The zero-order valence-corrected chi connectivity index (χ0v) is 21.3. The summed E-state index contributed by atoms with van der Waals surface area (Å²) in [5, 5.41) is 9.51. The van der Waals surface area contributed by atoms with Crippen molar-refractivity contribution in [2.45, 2.75) is 33.4 Å². The first kappa shape index (κ1) is 24.7. The molecule has 0 bridgehead atoms. The van der Waals surface area contributed by atoms with Gasteiger partial charge in [-0.25, -0.2) is 4.98 Å². The van der Waals surface area contributed by atoms with Crippen LogP contribution in [-0.2, 0) is 13.2 Å². The second-order valence-electron chi connectivity index (χ2n) is 8.67. The van der Waals surface area contributed by atoms with Crippen LogP contribution in [0.4, 0.5) is 5.69 Å². The Balaban J connectivity index is 0.000000917. The monoisotopic (exact) mass is 484 g/mol. The number of ether oxygens (including phenoxy) is 1. The summed E-state index contributed by atoms with van der Waals surface area (Å²) in [6.45, 7) is 9.97. The molecule has 0 atom stereocenters. The van der Waals surface area contributed by atoms with Crippen LogP contribution < -0.4 is 9.64 Å². The van der Waals surface area contributed by atoms with E-state index in [2.05, 4.69) is 89.3 Å². The molecule has 0 amide bonds. The lowest BCUT2D eigenvalue weighted by Gasteiger charge is -2.36. The lowest BCUT2D eigenvalue weighted by Crippen LogP contribution is -2.45. The van der Waals surface area contributed by atoms with Gasteiger partial charge in [0.05, 0.1) is 10.2 Å². The number of rotatable bonds is 6. The highest BCUT2D eigenvalue weighted by atomic mass is 32.1. The first-order chi connectivity index (χ1) is 17.2. The van der Waals surface area contributed by atoms with Crippen LogP contribution in [0, 0.1) is 11.3 Å². The van der Waals surface area contributed by atoms with Gasteiger partial charge in [-0.3, -0.25) is 4.90 Å². The summed E-state index contributed by atoms with van der Waals surface area (Å²) in [5.74, 6) is 0.799. The third-order valence-electron chi connectivity index (χ3n) is 5.75. The summed E-state index contributed by atoms with van der Waals surface area (Å²) < 4.78 is 7.00. The lowest BCUT2D eigenvalue weighted by atomic mass is 10.1. The minimum atomic E-state index is 0.481. The van der Waals surface area contributed by atoms with Gasteiger partial charge in [0, 0.05) is 38.4 Å². The van der Waals surface area contributed by atoms with E-state index in [0.29, 0.717) is 11.6 Å². The maximum atomic E-state index is 9.03. The van der Waals surface area contributed by atoms with E-state index >= 15 is 0 Å². The van der Waals surface area contributed by atoms with Crippen LogP contribution in [0.1, 0.15) is 36.4 Å². The molecule has 1 aromatic heterocycles. The van der Waals surface area contributed by atoms with Crippen molar-refractivity contribution in [3.05, 3.63) is 88.9 Å². The summed E-state index contributed by atoms with van der Waals surface area (Å²) >= 11 is 1.39. The molecule has 1 saturated heterocycles. The summed E-state index contributed by atoms with van der Waals surface area (Å²) in [4.78, 5) is 9.25. The van der Waals surface area contributed by atoms with Gasteiger partial charge >= 0.3 is 0 Å². The fourth-order valence-electron chi connectivity index (χ4n) is 4.09. The number of para-hydroxylation sites is 1. The molecule has 0 spiro atoms. The van der Waals surface area contributed by atoms with Gasteiger partial charge in [0.2, 0.25) is 0 Å². The molecular formula is C29H32N4OS. The number of nitrogens with zero attached hydrogens (tertiary/aromatic N) is 4. The summed E-state index contributed by atoms with van der Waals surface area (Å²) in [6.07, 6.45) is 1.25. The average molecular weight is 485 g/mol. The van der Waals surface area contributed by atoms with Crippen molar-refractivity contribution in [1.29, 1.82) is 5.26 Å². The van der Waals surface area contributed by atoms with E-state index in [4.69, 9.17) is 10.00 Å². The highest BCUT2D eigenvalue weighted by Gasteiger charge is 2.17. The van der Waals surface area contributed by atoms with Crippen LogP contribution in [0.15, 0.2) is 72.8 Å². The third kappa shape index (κ3) is 6.82. The highest BCUT2D eigenvalue weighted by Crippen LogP contribution is 2.26. The number of benzene rings is 3. The molecule has 1 aliphatic rings. The fraction of sp³-hybridized carbons (Fsp3) is 0.310. The Labute approximate surface area is 212 Å². The quantitative estimate of drug-likeness (QED) is 0.313. The maximum Gasteiger partial charge on any atom is 0.195 e. The molecule has 0 aliphatic carbocycles. The molecule has 35 heavy (non-hydrogen) atoms. The molecule has 3 aromatic carbocycles. The highest BCUT2D eigenvalue weighted by molar-refractivity contribution is 7.19. The molecule has 1 fully saturated rings. The first-order valence-electron chi connectivity index (χ1n) is 12.2. The number of piperazine rings is 1. The summed E-state index contributed by atoms with van der Waals surface area (Å²) in [6, 6.07) is 27.2. The largest absolute Gasteiger partial charge is 0.489 e. The normalized spacial score (nSPS) is 13.7. The van der Waals surface area contributed by atoms with Crippen molar-refractivity contribution in [3.63, 3.8) is 0 Å². The molecule has 0 saturated carbocycles. The van der Waals surface area contributed by atoms with E-state index in [1.54, 1.807) is 0 Å². The zero-order chi connectivity index (χ0) is 24.5. The van der Waals surface area contributed by atoms with Crippen LogP contribution in [0.5, 0.6) is 5.75 Å². The smallest absolute Gasteiger partial charge is 0.195 e. The Morgan fingerprint density at radius 3 is 2.40 bits per heavy atom. The Bertz CT molecular complexity index is 1260. The van der Waals surface area contributed by atoms with Gasteiger partial charge in [-0.05, 0) is 41.5 Å². The molecule has 4 aromatic rings. The first-order valence-corrected chi connectivity index (χ1v) is 13.0. The summed E-state index contributed by atoms with van der Waals surface area (Å²) in [5.41, 5.74) is 4.63. The standard InChI is InChI=1S/C26H24N4OS.C3H8/c27-17-26-28-24-10-9-23(16-25(24)32-26)31-19-21-6-4-5-20(15-21)18-29-11-13-30(14-12-29)22-7-2-1-3-8-22;1-3-2/h1-10,15-16H,11-14,18-19H2;3H2,1-2H3. The number of hydrogen-bond acceptors (Lipinski definition) is 6. The Morgan fingerprint density at radius 1 is 0.914 bits per heavy atom. The minimum Gasteiger partial charge on any atom is -0.489 e. The Morgan fingerprint density at radius 2 is 1.66 bits per heavy atom. The van der Waals surface area contributed by atoms with E-state index < -0.39 is 0 Å². The van der Waals surface area contributed by atoms with E-state index in [1.165, 1.54) is 29.0 Å². The molecular weight excluding hydrogens is 452 g/mol. The molecule has 5 rings (SSSR count). The number of fused-ring (bicyclic) bond motifs is 1. The number of hydrogen-bond donors (Lipinski definition) is 0. The second kappa shape index (κ2) is 12.3. The van der Waals surface area contributed by atoms with Gasteiger partial charge in [-0.2, -0.15) is 5.26 Å². The molecule has 0 unspecified atom stereocenters. The minimum absolute atomic E-state index is 0.481. The molecule has 180 valence electrons. The van der Waals surface area contributed by atoms with Crippen LogP contribution in [0.2, 0.25) is 0 Å². The molecule has 5 nitrogen and oxygen atoms in total. The van der Waals surface area contributed by atoms with Crippen LogP contribution in [0.3, 0.4) is 0 Å². The van der Waals surface area contributed by atoms with Crippen molar-refractivity contribution >= 4 is 27.2 Å². The molecule has 1 aliphatic heterocycles. The van der Waals surface area contributed by atoms with Crippen molar-refractivity contribution in [3.8, 4) is 11.8 Å². The van der Waals surface area contributed by atoms with E-state index in [-0.39, 0.29) is 0 Å². The fourth-order valence-corrected chi connectivity index (χ4v) is 4.88. The number of thiazole rings is 1. The topological polar surface area (TPSA) is 52.4 Å². The van der Waals surface area contributed by atoms with E-state index in [9.17, 15) is 0 Å². The van der Waals surface area contributed by atoms with Gasteiger partial charge in [0.25, 0.3) is 0 Å². The third-order valence-corrected chi connectivity index (χ3v) is 6.68. The molecule has 0 radical (unpaired) electrons. The maximum absolute atomic E-state index is 9.03. The van der Waals surface area contributed by atoms with Crippen molar-refractivity contribution < 1.29 is 4.74 Å². The van der Waals surface area contributed by atoms with Gasteiger partial charge in [-0.1, -0.05) is 62.7 Å². The van der Waals surface area contributed by atoms with Gasteiger partial charge in [-0.15, -0.1) is 11.3 Å². The summed E-state index contributed by atoms with van der Waals surface area (Å²) in [7, 11) is 0.